The van der Waals surface area contributed by atoms with Gasteiger partial charge in [0, 0.05) is 11.3 Å². The largest absolute Gasteiger partial charge is 0.465 e. The Morgan fingerprint density at radius 2 is 1.76 bits per heavy atom. The fraction of sp³-hybridized carbons (Fsp3) is 0.800. The van der Waals surface area contributed by atoms with Gasteiger partial charge >= 0.3 is 5.97 Å². The Hall–Kier alpha value is -1.42. The number of carbonyl (C=O) groups is 2. The van der Waals surface area contributed by atoms with Crippen molar-refractivity contribution in [2.24, 2.45) is 45.3 Å². The molecule has 0 bridgehead atoms. The Bertz CT molecular complexity index is 895. The molecule has 3 saturated carbocycles. The second-order valence-electron chi connectivity index (χ2n) is 13.4. The highest BCUT2D eigenvalue weighted by atomic mass is 16.5. The Kier molecular flexibility index (Phi) is 6.50. The van der Waals surface area contributed by atoms with Crippen molar-refractivity contribution in [2.45, 2.75) is 99.5 Å². The highest BCUT2D eigenvalue weighted by Crippen LogP contribution is 2.74. The molecule has 4 nitrogen and oxygen atoms in total. The molecule has 8 atom stereocenters. The van der Waals surface area contributed by atoms with Crippen LogP contribution in [0.5, 0.6) is 0 Å². The van der Waals surface area contributed by atoms with Crippen molar-refractivity contribution >= 4 is 11.8 Å². The minimum Gasteiger partial charge on any atom is -0.465 e. The average Bonchev–Trinajstić information content (AvgIpc) is 3.14. The van der Waals surface area contributed by atoms with Crippen molar-refractivity contribution in [3.05, 3.63) is 23.8 Å². The van der Waals surface area contributed by atoms with Gasteiger partial charge in [0.2, 0.25) is 0 Å². The number of aliphatic hydroxyl groups is 1. The first-order chi connectivity index (χ1) is 15.8. The maximum Gasteiger partial charge on any atom is 0.306 e. The fourth-order valence-corrected chi connectivity index (χ4v) is 9.42. The van der Waals surface area contributed by atoms with E-state index in [1.54, 1.807) is 6.08 Å². The van der Waals surface area contributed by atoms with Gasteiger partial charge in [0.05, 0.1) is 19.1 Å². The monoisotopic (exact) mass is 470 g/mol. The lowest BCUT2D eigenvalue weighted by Gasteiger charge is -2.70. The molecule has 1 saturated heterocycles. The summed E-state index contributed by atoms with van der Waals surface area (Å²) in [6.07, 6.45) is 11.8. The van der Waals surface area contributed by atoms with Crippen LogP contribution >= 0.6 is 0 Å². The molecule has 0 amide bonds. The fourth-order valence-electron chi connectivity index (χ4n) is 9.42. The number of ketones is 1. The van der Waals surface area contributed by atoms with E-state index in [4.69, 9.17) is 4.74 Å². The molecule has 190 valence electrons. The maximum atomic E-state index is 13.3. The third-order valence-electron chi connectivity index (χ3n) is 11.3. The van der Waals surface area contributed by atoms with Crippen LogP contribution in [0.25, 0.3) is 0 Å². The van der Waals surface area contributed by atoms with Gasteiger partial charge in [-0.25, -0.2) is 0 Å². The Balaban J connectivity index is 1.71. The second kappa shape index (κ2) is 8.61. The number of ether oxygens (including phenoxy) is 1. The maximum absolute atomic E-state index is 13.3. The molecule has 34 heavy (non-hydrogen) atoms. The number of carbonyl (C=O) groups excluding carboxylic acids is 2. The predicted octanol–water partition coefficient (Wildman–Crippen LogP) is 6.28. The number of cyclic esters (lactones) is 1. The van der Waals surface area contributed by atoms with E-state index in [0.29, 0.717) is 24.9 Å². The van der Waals surface area contributed by atoms with Gasteiger partial charge in [-0.15, -0.1) is 0 Å². The first-order valence-electron chi connectivity index (χ1n) is 13.5. The van der Waals surface area contributed by atoms with Crippen LogP contribution in [-0.2, 0) is 14.3 Å². The molecule has 8 unspecified atom stereocenters. The summed E-state index contributed by atoms with van der Waals surface area (Å²) in [7, 11) is 0. The highest BCUT2D eigenvalue weighted by molar-refractivity contribution is 5.92. The van der Waals surface area contributed by atoms with Crippen molar-refractivity contribution in [1.29, 1.82) is 0 Å². The number of hydrogen-bond donors (Lipinski definition) is 1. The predicted molar refractivity (Wildman–Crippen MR) is 135 cm³/mol. The molecular weight excluding hydrogens is 424 g/mol. The zero-order valence-corrected chi connectivity index (χ0v) is 22.4. The van der Waals surface area contributed by atoms with E-state index in [0.717, 1.165) is 38.5 Å². The van der Waals surface area contributed by atoms with Crippen molar-refractivity contribution in [1.82, 2.24) is 0 Å². The molecule has 0 aromatic carbocycles. The summed E-state index contributed by atoms with van der Waals surface area (Å²) < 4.78 is 5.74. The third-order valence-corrected chi connectivity index (χ3v) is 11.3. The van der Waals surface area contributed by atoms with Crippen LogP contribution < -0.4 is 0 Å². The lowest BCUT2D eigenvalue weighted by atomic mass is 9.34. The molecule has 4 fully saturated rings. The Morgan fingerprint density at radius 3 is 2.38 bits per heavy atom. The van der Waals surface area contributed by atoms with E-state index in [1.165, 1.54) is 5.57 Å². The number of hydrogen-bond acceptors (Lipinski definition) is 4. The second-order valence-corrected chi connectivity index (χ2v) is 13.4. The molecule has 0 radical (unpaired) electrons. The summed E-state index contributed by atoms with van der Waals surface area (Å²) in [5.74, 6) is 1.01. The van der Waals surface area contributed by atoms with Gasteiger partial charge in [-0.3, -0.25) is 9.59 Å². The van der Waals surface area contributed by atoms with Crippen LogP contribution in [0.4, 0.5) is 0 Å². The average molecular weight is 471 g/mol. The van der Waals surface area contributed by atoms with Gasteiger partial charge in [0.1, 0.15) is 0 Å². The van der Waals surface area contributed by atoms with Crippen LogP contribution in [0, 0.1) is 45.3 Å². The van der Waals surface area contributed by atoms with Crippen LogP contribution in [0.2, 0.25) is 0 Å². The van der Waals surface area contributed by atoms with E-state index in [9.17, 15) is 14.7 Å². The van der Waals surface area contributed by atoms with Crippen LogP contribution in [0.1, 0.15) is 93.4 Å². The number of fused-ring (bicyclic) bond motifs is 4. The molecular formula is C30H46O4. The molecule has 3 aliphatic carbocycles. The third kappa shape index (κ3) is 3.65. The van der Waals surface area contributed by atoms with E-state index in [2.05, 4.69) is 34.6 Å². The van der Waals surface area contributed by atoms with Crippen molar-refractivity contribution in [3.8, 4) is 0 Å². The van der Waals surface area contributed by atoms with Gasteiger partial charge < -0.3 is 9.84 Å². The summed E-state index contributed by atoms with van der Waals surface area (Å²) in [5.41, 5.74) is 0.862. The standard InChI is InChI=1S/C30H46O4/c1-19(2)9-8-10-22(31)20(3)21-11-12-24-28(6)15-14-25(32)27(4,5)23(28)13-16-29(24,7)30(21)17-26(33)34-18-30/h8-10,20-21,23-25,32H,11-18H2,1-7H3. The summed E-state index contributed by atoms with van der Waals surface area (Å²) >= 11 is 0. The molecule has 0 aromatic heterocycles. The van der Waals surface area contributed by atoms with Crippen LogP contribution in [-0.4, -0.2) is 29.6 Å². The molecule has 1 aliphatic heterocycles. The summed E-state index contributed by atoms with van der Waals surface area (Å²) in [6.45, 7) is 16.0. The summed E-state index contributed by atoms with van der Waals surface area (Å²) in [6, 6.07) is 0. The minimum atomic E-state index is -0.291. The van der Waals surface area contributed by atoms with Gasteiger partial charge in [-0.1, -0.05) is 52.3 Å². The van der Waals surface area contributed by atoms with Gasteiger partial charge in [0.25, 0.3) is 0 Å². The van der Waals surface area contributed by atoms with E-state index in [-0.39, 0.29) is 51.4 Å². The molecule has 4 aliphatic rings. The van der Waals surface area contributed by atoms with Gasteiger partial charge in [0.15, 0.2) is 5.78 Å². The lowest BCUT2D eigenvalue weighted by molar-refractivity contribution is -0.231. The number of aliphatic hydroxyl groups excluding tert-OH is 1. The molecule has 4 heteroatoms. The summed E-state index contributed by atoms with van der Waals surface area (Å²) in [4.78, 5) is 25.9. The van der Waals surface area contributed by atoms with Crippen molar-refractivity contribution in [2.75, 3.05) is 6.61 Å². The zero-order valence-electron chi connectivity index (χ0n) is 22.4. The lowest BCUT2D eigenvalue weighted by Crippen LogP contribution is -2.65. The molecule has 4 rings (SSSR count). The minimum absolute atomic E-state index is 0.0517. The quantitative estimate of drug-likeness (QED) is 0.298. The van der Waals surface area contributed by atoms with E-state index < -0.39 is 0 Å². The topological polar surface area (TPSA) is 63.6 Å². The SMILES string of the molecule is CC(C)=CC=CC(=O)C(C)C1CCC2C3(C)CCC(O)C(C)(C)C3CCC2(C)C12COC(=O)C2. The summed E-state index contributed by atoms with van der Waals surface area (Å²) in [5, 5.41) is 10.9. The van der Waals surface area contributed by atoms with Crippen LogP contribution in [0.3, 0.4) is 0 Å². The molecule has 0 aromatic rings. The van der Waals surface area contributed by atoms with Gasteiger partial charge in [-0.05, 0) is 92.4 Å². The smallest absolute Gasteiger partial charge is 0.306 e. The van der Waals surface area contributed by atoms with E-state index >= 15 is 0 Å². The first kappa shape index (κ1) is 25.7. The van der Waals surface area contributed by atoms with Crippen molar-refractivity contribution in [3.63, 3.8) is 0 Å². The first-order valence-corrected chi connectivity index (χ1v) is 13.5. The number of esters is 1. The molecule has 1 spiro atoms. The Morgan fingerprint density at radius 1 is 1.06 bits per heavy atom. The number of rotatable bonds is 4. The number of allylic oxidation sites excluding steroid dienone is 4. The molecule has 1 heterocycles. The van der Waals surface area contributed by atoms with E-state index in [1.807, 2.05) is 26.0 Å². The zero-order chi connectivity index (χ0) is 25.1. The van der Waals surface area contributed by atoms with Crippen molar-refractivity contribution < 1.29 is 19.4 Å². The molecule has 1 N–H and O–H groups in total. The highest BCUT2D eigenvalue weighted by Gasteiger charge is 2.70. The normalized spacial score (nSPS) is 44.3. The van der Waals surface area contributed by atoms with Gasteiger partial charge in [-0.2, -0.15) is 0 Å². The van der Waals surface area contributed by atoms with Crippen LogP contribution in [0.15, 0.2) is 23.8 Å². The Labute approximate surface area is 206 Å².